The molecule has 72 valence electrons. The van der Waals surface area contributed by atoms with Crippen LogP contribution in [0.25, 0.3) is 0 Å². The highest BCUT2D eigenvalue weighted by Gasteiger charge is 2.01. The lowest BCUT2D eigenvalue weighted by Crippen LogP contribution is -1.88. The fourth-order valence-electron chi connectivity index (χ4n) is 0.811. The molecular weight excluding hydrogens is 267 g/mol. The van der Waals surface area contributed by atoms with Crippen LogP contribution in [0.1, 0.15) is 5.56 Å². The lowest BCUT2D eigenvalue weighted by atomic mass is 10.2. The van der Waals surface area contributed by atoms with Crippen molar-refractivity contribution in [3.63, 3.8) is 0 Å². The lowest BCUT2D eigenvalue weighted by Gasteiger charge is -2.11. The van der Waals surface area contributed by atoms with Gasteiger partial charge in [-0.15, -0.1) is 0 Å². The second-order valence-corrected chi connectivity index (χ2v) is 9.47. The minimum atomic E-state index is -1.52. The van der Waals surface area contributed by atoms with Gasteiger partial charge in [-0.1, -0.05) is 39.9 Å². The zero-order valence-corrected chi connectivity index (χ0v) is 11.0. The molecule has 0 aliphatic rings. The van der Waals surface area contributed by atoms with Gasteiger partial charge in [-0.25, -0.2) is 0 Å². The molecule has 0 heterocycles. The van der Waals surface area contributed by atoms with Crippen molar-refractivity contribution in [2.45, 2.75) is 6.61 Å². The Bertz CT molecular complexity index is 317. The van der Waals surface area contributed by atoms with Gasteiger partial charge in [0.1, 0.15) is 0 Å². The molecule has 0 atom stereocenters. The summed E-state index contributed by atoms with van der Waals surface area (Å²) in [5, 5.41) is 0. The van der Waals surface area contributed by atoms with E-state index in [0.29, 0.717) is 6.61 Å². The predicted molar refractivity (Wildman–Crippen MR) is 65.1 cm³/mol. The van der Waals surface area contributed by atoms with Crippen molar-refractivity contribution >= 4 is 34.0 Å². The first-order chi connectivity index (χ1) is 5.97. The molecule has 0 aliphatic carbocycles. The monoisotopic (exact) mass is 278 g/mol. The topological polar surface area (TPSA) is 9.23 Å². The summed E-state index contributed by atoms with van der Waals surface area (Å²) in [6, 6.07) is 8.09. The molecular formula is C9H12BrOPS. The molecule has 0 N–H and O–H groups in total. The van der Waals surface area contributed by atoms with E-state index in [1.54, 1.807) is 0 Å². The summed E-state index contributed by atoms with van der Waals surface area (Å²) in [7, 11) is 0. The normalized spacial score (nSPS) is 11.6. The van der Waals surface area contributed by atoms with E-state index in [9.17, 15) is 0 Å². The van der Waals surface area contributed by atoms with Crippen molar-refractivity contribution in [2.24, 2.45) is 0 Å². The Morgan fingerprint density at radius 3 is 2.31 bits per heavy atom. The molecule has 0 saturated carbocycles. The van der Waals surface area contributed by atoms with E-state index >= 15 is 0 Å². The van der Waals surface area contributed by atoms with Crippen molar-refractivity contribution < 1.29 is 4.52 Å². The average molecular weight is 279 g/mol. The van der Waals surface area contributed by atoms with Crippen molar-refractivity contribution in [2.75, 3.05) is 13.3 Å². The number of halogens is 1. The van der Waals surface area contributed by atoms with E-state index in [0.717, 1.165) is 4.47 Å². The first kappa shape index (κ1) is 11.4. The summed E-state index contributed by atoms with van der Waals surface area (Å²) in [6.45, 7) is 4.60. The maximum atomic E-state index is 5.57. The van der Waals surface area contributed by atoms with E-state index in [1.807, 2.05) is 37.6 Å². The van der Waals surface area contributed by atoms with Gasteiger partial charge in [-0.05, 0) is 31.0 Å². The standard InChI is InChI=1S/C9H12BrOPS/c1-12(2,13)11-7-8-3-5-9(10)6-4-8/h3-6H,7H2,1-2H3. The molecule has 0 bridgehead atoms. The summed E-state index contributed by atoms with van der Waals surface area (Å²) >= 11 is 8.57. The number of hydrogen-bond acceptors (Lipinski definition) is 2. The van der Waals surface area contributed by atoms with Crippen LogP contribution in [0.15, 0.2) is 28.7 Å². The highest BCUT2D eigenvalue weighted by Crippen LogP contribution is 2.38. The first-order valence-electron chi connectivity index (χ1n) is 3.91. The molecule has 0 radical (unpaired) electrons. The second-order valence-electron chi connectivity index (χ2n) is 3.15. The van der Waals surface area contributed by atoms with Crippen molar-refractivity contribution in [1.29, 1.82) is 0 Å². The average Bonchev–Trinajstić information content (AvgIpc) is 2.02. The Labute approximate surface area is 92.7 Å². The summed E-state index contributed by atoms with van der Waals surface area (Å²) in [5.74, 6) is 0. The summed E-state index contributed by atoms with van der Waals surface area (Å²) in [6.07, 6.45) is -1.52. The van der Waals surface area contributed by atoms with Crippen LogP contribution in [-0.2, 0) is 22.9 Å². The largest absolute Gasteiger partial charge is 0.347 e. The molecule has 4 heteroatoms. The van der Waals surface area contributed by atoms with Gasteiger partial charge in [0.15, 0.2) is 0 Å². The third kappa shape index (κ3) is 4.92. The number of benzene rings is 1. The molecule has 0 amide bonds. The summed E-state index contributed by atoms with van der Waals surface area (Å²) < 4.78 is 6.65. The lowest BCUT2D eigenvalue weighted by molar-refractivity contribution is 0.345. The SMILES string of the molecule is CP(C)(=S)OCc1ccc(Br)cc1. The summed E-state index contributed by atoms with van der Waals surface area (Å²) in [4.78, 5) is 0. The van der Waals surface area contributed by atoms with Crippen LogP contribution in [0, 0.1) is 0 Å². The molecule has 0 aliphatic heterocycles. The minimum Gasteiger partial charge on any atom is -0.347 e. The molecule has 1 rings (SSSR count). The third-order valence-corrected chi connectivity index (χ3v) is 3.05. The van der Waals surface area contributed by atoms with Gasteiger partial charge in [-0.2, -0.15) is 0 Å². The Balaban J connectivity index is 2.56. The second kappa shape index (κ2) is 4.70. The Hall–Kier alpha value is 0.310. The third-order valence-electron chi connectivity index (χ3n) is 1.46. The van der Waals surface area contributed by atoms with Gasteiger partial charge < -0.3 is 4.52 Å². The Morgan fingerprint density at radius 1 is 1.31 bits per heavy atom. The van der Waals surface area contributed by atoms with E-state index in [4.69, 9.17) is 16.3 Å². The number of rotatable bonds is 3. The quantitative estimate of drug-likeness (QED) is 0.781. The van der Waals surface area contributed by atoms with Crippen molar-refractivity contribution in [3.8, 4) is 0 Å². The van der Waals surface area contributed by atoms with Gasteiger partial charge in [0.2, 0.25) is 0 Å². The predicted octanol–water partition coefficient (Wildman–Crippen LogP) is 3.62. The van der Waals surface area contributed by atoms with Crippen LogP contribution >= 0.6 is 22.2 Å². The molecule has 1 aromatic carbocycles. The highest BCUT2D eigenvalue weighted by molar-refractivity contribution is 9.10. The summed E-state index contributed by atoms with van der Waals surface area (Å²) in [5.41, 5.74) is 1.17. The van der Waals surface area contributed by atoms with Crippen LogP contribution in [0.4, 0.5) is 0 Å². The zero-order valence-electron chi connectivity index (χ0n) is 7.66. The van der Waals surface area contributed by atoms with Gasteiger partial charge in [0.05, 0.1) is 12.9 Å². The number of hydrogen-bond donors (Lipinski definition) is 0. The molecule has 0 spiro atoms. The Kier molecular flexibility index (Phi) is 4.11. The van der Waals surface area contributed by atoms with Crippen LogP contribution < -0.4 is 0 Å². The molecule has 1 nitrogen and oxygen atoms in total. The van der Waals surface area contributed by atoms with Crippen LogP contribution in [0.2, 0.25) is 0 Å². The zero-order chi connectivity index (χ0) is 9.90. The van der Waals surface area contributed by atoms with E-state index < -0.39 is 6.26 Å². The highest BCUT2D eigenvalue weighted by atomic mass is 79.9. The maximum absolute atomic E-state index is 5.57. The smallest absolute Gasteiger partial charge is 0.0769 e. The van der Waals surface area contributed by atoms with Gasteiger partial charge >= 0.3 is 0 Å². The Morgan fingerprint density at radius 2 is 1.85 bits per heavy atom. The van der Waals surface area contributed by atoms with Crippen LogP contribution in [-0.4, -0.2) is 13.3 Å². The van der Waals surface area contributed by atoms with Crippen LogP contribution in [0.3, 0.4) is 0 Å². The van der Waals surface area contributed by atoms with E-state index in [2.05, 4.69) is 15.9 Å². The maximum Gasteiger partial charge on any atom is 0.0769 e. The van der Waals surface area contributed by atoms with Gasteiger partial charge in [-0.3, -0.25) is 0 Å². The van der Waals surface area contributed by atoms with Gasteiger partial charge in [0, 0.05) is 4.47 Å². The molecule has 0 saturated heterocycles. The molecule has 1 aromatic rings. The van der Waals surface area contributed by atoms with E-state index in [-0.39, 0.29) is 0 Å². The van der Waals surface area contributed by atoms with Crippen molar-refractivity contribution in [1.82, 2.24) is 0 Å². The van der Waals surface area contributed by atoms with Crippen molar-refractivity contribution in [3.05, 3.63) is 34.3 Å². The van der Waals surface area contributed by atoms with Gasteiger partial charge in [0.25, 0.3) is 0 Å². The first-order valence-corrected chi connectivity index (χ1v) is 8.32. The molecule has 13 heavy (non-hydrogen) atoms. The minimum absolute atomic E-state index is 0.623. The molecule has 0 aromatic heterocycles. The molecule has 0 fully saturated rings. The van der Waals surface area contributed by atoms with Crippen LogP contribution in [0.5, 0.6) is 0 Å². The molecule has 0 unspecified atom stereocenters. The van der Waals surface area contributed by atoms with E-state index in [1.165, 1.54) is 5.56 Å². The fourth-order valence-corrected chi connectivity index (χ4v) is 1.69. The fraction of sp³-hybridized carbons (Fsp3) is 0.333.